The monoisotopic (exact) mass is 178 g/mol. The number of rotatable bonds is 3. The van der Waals surface area contributed by atoms with Crippen LogP contribution in [0.25, 0.3) is 6.08 Å². The minimum Gasteiger partial charge on any atom is -0.481 e. The molecular weight excluding hydrogens is 168 g/mol. The van der Waals surface area contributed by atoms with E-state index in [0.29, 0.717) is 5.88 Å². The number of hydrogen-bond acceptors (Lipinski definition) is 3. The van der Waals surface area contributed by atoms with Gasteiger partial charge in [-0.3, -0.25) is 4.79 Å². The fraction of sp³-hybridized carbons (Fsp3) is 0.111. The van der Waals surface area contributed by atoms with Crippen LogP contribution >= 0.6 is 0 Å². The van der Waals surface area contributed by atoms with Gasteiger partial charge in [0.25, 0.3) is 0 Å². The van der Waals surface area contributed by atoms with Gasteiger partial charge in [-0.05, 0) is 17.7 Å². The lowest BCUT2D eigenvalue weighted by Gasteiger charge is -1.97. The summed E-state index contributed by atoms with van der Waals surface area (Å²) in [6.45, 7) is 0. The minimum atomic E-state index is -0.476. The van der Waals surface area contributed by atoms with Crippen LogP contribution in [0.3, 0.4) is 0 Å². The average molecular weight is 178 g/mol. The molecule has 68 valence electrons. The highest BCUT2D eigenvalue weighted by molar-refractivity contribution is 5.90. The third-order valence-electron chi connectivity index (χ3n) is 1.41. The molecule has 0 aliphatic carbocycles. The van der Waals surface area contributed by atoms with E-state index in [9.17, 15) is 4.79 Å². The Kier molecular flexibility index (Phi) is 3.03. The fourth-order valence-corrected chi connectivity index (χ4v) is 0.789. The van der Waals surface area contributed by atoms with Gasteiger partial charge >= 0.3 is 0 Å². The molecule has 2 N–H and O–H groups in total. The van der Waals surface area contributed by atoms with E-state index in [2.05, 4.69) is 4.98 Å². The Hall–Kier alpha value is -1.84. The number of ether oxygens (including phenoxy) is 1. The number of carbonyl (C=O) groups excluding carboxylic acids is 1. The van der Waals surface area contributed by atoms with E-state index >= 15 is 0 Å². The van der Waals surface area contributed by atoms with Crippen molar-refractivity contribution in [3.63, 3.8) is 0 Å². The number of nitrogens with two attached hydrogens (primary N) is 1. The average Bonchev–Trinajstić information content (AvgIpc) is 2.15. The standard InChI is InChI=1S/C9H10N2O2/c1-13-9-5-3-7(6-11-9)2-4-8(10)12/h2-6H,1H3,(H2,10,12). The van der Waals surface area contributed by atoms with Crippen molar-refractivity contribution < 1.29 is 9.53 Å². The number of carbonyl (C=O) groups is 1. The van der Waals surface area contributed by atoms with Crippen molar-refractivity contribution in [3.05, 3.63) is 30.0 Å². The summed E-state index contributed by atoms with van der Waals surface area (Å²) >= 11 is 0. The van der Waals surface area contributed by atoms with Gasteiger partial charge < -0.3 is 10.5 Å². The highest BCUT2D eigenvalue weighted by Gasteiger charge is 1.91. The van der Waals surface area contributed by atoms with Gasteiger partial charge in [-0.2, -0.15) is 0 Å². The lowest BCUT2D eigenvalue weighted by molar-refractivity contribution is -0.113. The number of nitrogens with zero attached hydrogens (tertiary/aromatic N) is 1. The number of hydrogen-bond donors (Lipinski definition) is 1. The molecule has 0 saturated heterocycles. The summed E-state index contributed by atoms with van der Waals surface area (Å²) in [6, 6.07) is 3.49. The van der Waals surface area contributed by atoms with Crippen LogP contribution in [-0.4, -0.2) is 18.0 Å². The first-order chi connectivity index (χ1) is 6.22. The van der Waals surface area contributed by atoms with Gasteiger partial charge in [0.05, 0.1) is 7.11 Å². The summed E-state index contributed by atoms with van der Waals surface area (Å²) in [5.74, 6) is 0.0621. The largest absolute Gasteiger partial charge is 0.481 e. The Morgan fingerprint density at radius 1 is 1.62 bits per heavy atom. The van der Waals surface area contributed by atoms with E-state index in [0.717, 1.165) is 5.56 Å². The number of methoxy groups -OCH3 is 1. The minimum absolute atomic E-state index is 0.476. The molecule has 1 rings (SSSR count). The summed E-state index contributed by atoms with van der Waals surface area (Å²) in [5.41, 5.74) is 5.73. The van der Waals surface area contributed by atoms with Gasteiger partial charge in [-0.15, -0.1) is 0 Å². The lowest BCUT2D eigenvalue weighted by Crippen LogP contribution is -2.05. The van der Waals surface area contributed by atoms with E-state index in [1.165, 1.54) is 6.08 Å². The van der Waals surface area contributed by atoms with Crippen molar-refractivity contribution in [1.82, 2.24) is 4.98 Å². The van der Waals surface area contributed by atoms with Gasteiger partial charge in [0.2, 0.25) is 11.8 Å². The van der Waals surface area contributed by atoms with Gasteiger partial charge in [0.1, 0.15) is 0 Å². The molecule has 0 aliphatic rings. The van der Waals surface area contributed by atoms with Crippen LogP contribution in [0.2, 0.25) is 0 Å². The SMILES string of the molecule is COc1ccc(C=CC(N)=O)cn1. The van der Waals surface area contributed by atoms with Crippen molar-refractivity contribution in [2.24, 2.45) is 5.73 Å². The molecule has 1 heterocycles. The molecule has 0 saturated carbocycles. The predicted molar refractivity (Wildman–Crippen MR) is 49.0 cm³/mol. The van der Waals surface area contributed by atoms with Crippen LogP contribution in [-0.2, 0) is 4.79 Å². The molecule has 0 radical (unpaired) electrons. The summed E-state index contributed by atoms with van der Waals surface area (Å²) in [5, 5.41) is 0. The second kappa shape index (κ2) is 4.25. The lowest BCUT2D eigenvalue weighted by atomic mass is 10.2. The second-order valence-electron chi connectivity index (χ2n) is 2.37. The predicted octanol–water partition coefficient (Wildman–Crippen LogP) is 0.589. The number of aromatic nitrogens is 1. The molecule has 1 aromatic rings. The third kappa shape index (κ3) is 2.94. The van der Waals surface area contributed by atoms with E-state index in [-0.39, 0.29) is 0 Å². The smallest absolute Gasteiger partial charge is 0.241 e. The molecule has 0 aromatic carbocycles. The van der Waals surface area contributed by atoms with Crippen molar-refractivity contribution in [2.45, 2.75) is 0 Å². The van der Waals surface area contributed by atoms with Crippen LogP contribution in [0.1, 0.15) is 5.56 Å². The molecule has 0 bridgehead atoms. The van der Waals surface area contributed by atoms with Gasteiger partial charge in [-0.1, -0.05) is 0 Å². The van der Waals surface area contributed by atoms with Crippen molar-refractivity contribution in [2.75, 3.05) is 7.11 Å². The second-order valence-corrected chi connectivity index (χ2v) is 2.37. The zero-order chi connectivity index (χ0) is 9.68. The molecule has 13 heavy (non-hydrogen) atoms. The molecular formula is C9H10N2O2. The molecule has 0 atom stereocenters. The van der Waals surface area contributed by atoms with Crippen molar-refractivity contribution >= 4 is 12.0 Å². The normalized spacial score (nSPS) is 10.2. The summed E-state index contributed by atoms with van der Waals surface area (Å²) < 4.78 is 4.87. The molecule has 4 heteroatoms. The molecule has 0 unspecified atom stereocenters. The summed E-state index contributed by atoms with van der Waals surface area (Å²) in [7, 11) is 1.54. The quantitative estimate of drug-likeness (QED) is 0.689. The molecule has 4 nitrogen and oxygen atoms in total. The molecule has 0 spiro atoms. The number of pyridine rings is 1. The van der Waals surface area contributed by atoms with E-state index in [4.69, 9.17) is 10.5 Å². The number of amides is 1. The molecule has 0 aliphatic heterocycles. The molecule has 0 fully saturated rings. The zero-order valence-electron chi connectivity index (χ0n) is 7.23. The van der Waals surface area contributed by atoms with Gasteiger partial charge in [0, 0.05) is 18.3 Å². The van der Waals surface area contributed by atoms with Crippen molar-refractivity contribution in [3.8, 4) is 5.88 Å². The highest BCUT2D eigenvalue weighted by Crippen LogP contribution is 2.07. The first kappa shape index (κ1) is 9.25. The molecule has 1 amide bonds. The van der Waals surface area contributed by atoms with Crippen LogP contribution in [0.15, 0.2) is 24.4 Å². The van der Waals surface area contributed by atoms with E-state index < -0.39 is 5.91 Å². The Morgan fingerprint density at radius 3 is 2.85 bits per heavy atom. The van der Waals surface area contributed by atoms with Crippen LogP contribution in [0.5, 0.6) is 5.88 Å². The maximum atomic E-state index is 10.4. The first-order valence-electron chi connectivity index (χ1n) is 3.70. The van der Waals surface area contributed by atoms with Crippen LogP contribution in [0.4, 0.5) is 0 Å². The van der Waals surface area contributed by atoms with E-state index in [1.54, 1.807) is 31.5 Å². The topological polar surface area (TPSA) is 65.2 Å². The highest BCUT2D eigenvalue weighted by atomic mass is 16.5. The Labute approximate surface area is 76.0 Å². The summed E-state index contributed by atoms with van der Waals surface area (Å²) in [4.78, 5) is 14.3. The Bertz CT molecular complexity index is 317. The third-order valence-corrected chi connectivity index (χ3v) is 1.41. The molecule has 1 aromatic heterocycles. The first-order valence-corrected chi connectivity index (χ1v) is 3.70. The van der Waals surface area contributed by atoms with Crippen LogP contribution in [0, 0.1) is 0 Å². The summed E-state index contributed by atoms with van der Waals surface area (Å²) in [6.07, 6.45) is 4.47. The van der Waals surface area contributed by atoms with Crippen LogP contribution < -0.4 is 10.5 Å². The van der Waals surface area contributed by atoms with E-state index in [1.807, 2.05) is 0 Å². The fourth-order valence-electron chi connectivity index (χ4n) is 0.789. The zero-order valence-corrected chi connectivity index (χ0v) is 7.23. The van der Waals surface area contributed by atoms with Gasteiger partial charge in [-0.25, -0.2) is 4.98 Å². The maximum Gasteiger partial charge on any atom is 0.241 e. The van der Waals surface area contributed by atoms with Crippen molar-refractivity contribution in [1.29, 1.82) is 0 Å². The Balaban J connectivity index is 2.75. The number of primary amides is 1. The van der Waals surface area contributed by atoms with Gasteiger partial charge in [0.15, 0.2) is 0 Å². The maximum absolute atomic E-state index is 10.4. The Morgan fingerprint density at radius 2 is 2.38 bits per heavy atom.